The highest BCUT2D eigenvalue weighted by Crippen LogP contribution is 2.43. The molecule has 0 radical (unpaired) electrons. The van der Waals surface area contributed by atoms with Crippen LogP contribution in [0.5, 0.6) is 0 Å². The van der Waals surface area contributed by atoms with Crippen LogP contribution in [0.1, 0.15) is 0 Å². The molecule has 0 fully saturated rings. The maximum atomic E-state index is 2.44. The Kier molecular flexibility index (Phi) is 8.87. The summed E-state index contributed by atoms with van der Waals surface area (Å²) in [4.78, 5) is 2.38. The average molecular weight is 765 g/mol. The first-order valence-electron chi connectivity index (χ1n) is 20.6. The van der Waals surface area contributed by atoms with Gasteiger partial charge in [-0.05, 0) is 117 Å². The van der Waals surface area contributed by atoms with E-state index in [1.54, 1.807) is 0 Å². The molecule has 2 nitrogen and oxygen atoms in total. The van der Waals surface area contributed by atoms with Crippen molar-refractivity contribution in [1.29, 1.82) is 0 Å². The van der Waals surface area contributed by atoms with E-state index >= 15 is 0 Å². The van der Waals surface area contributed by atoms with Gasteiger partial charge in [0.25, 0.3) is 0 Å². The number of hydrogen-bond acceptors (Lipinski definition) is 1. The van der Waals surface area contributed by atoms with Crippen LogP contribution in [0.3, 0.4) is 0 Å². The summed E-state index contributed by atoms with van der Waals surface area (Å²) in [6, 6.07) is 87.9. The molecule has 0 atom stereocenters. The topological polar surface area (TPSA) is 8.17 Å². The quantitative estimate of drug-likeness (QED) is 0.150. The smallest absolute Gasteiger partial charge is 0.0541 e. The molecule has 0 spiro atoms. The van der Waals surface area contributed by atoms with Crippen LogP contribution < -0.4 is 4.90 Å². The molecule has 1 aromatic heterocycles. The predicted molar refractivity (Wildman–Crippen MR) is 255 cm³/mol. The third kappa shape index (κ3) is 6.32. The van der Waals surface area contributed by atoms with Gasteiger partial charge in [0.05, 0.1) is 16.7 Å². The van der Waals surface area contributed by atoms with E-state index in [2.05, 4.69) is 252 Å². The summed E-state index contributed by atoms with van der Waals surface area (Å²) in [6.07, 6.45) is 0. The van der Waals surface area contributed by atoms with Gasteiger partial charge in [0.2, 0.25) is 0 Å². The van der Waals surface area contributed by atoms with Gasteiger partial charge in [-0.2, -0.15) is 0 Å². The van der Waals surface area contributed by atoms with Crippen molar-refractivity contribution in [2.75, 3.05) is 4.90 Å². The van der Waals surface area contributed by atoms with Gasteiger partial charge in [0, 0.05) is 33.2 Å². The van der Waals surface area contributed by atoms with E-state index in [1.165, 1.54) is 71.5 Å². The Bertz CT molecular complexity index is 3250. The Labute approximate surface area is 350 Å². The number of fused-ring (bicyclic) bond motifs is 4. The van der Waals surface area contributed by atoms with E-state index in [9.17, 15) is 0 Å². The Morgan fingerprint density at radius 1 is 0.283 bits per heavy atom. The molecule has 60 heavy (non-hydrogen) atoms. The number of aromatic nitrogens is 1. The van der Waals surface area contributed by atoms with Crippen molar-refractivity contribution in [3.8, 4) is 50.2 Å². The average Bonchev–Trinajstić information content (AvgIpc) is 3.66. The van der Waals surface area contributed by atoms with Crippen molar-refractivity contribution in [2.24, 2.45) is 0 Å². The fraction of sp³-hybridized carbons (Fsp3) is 0. The molecule has 0 amide bonds. The zero-order valence-electron chi connectivity index (χ0n) is 33.0. The van der Waals surface area contributed by atoms with E-state index in [0.29, 0.717) is 0 Å². The molecule has 0 unspecified atom stereocenters. The second kappa shape index (κ2) is 15.1. The van der Waals surface area contributed by atoms with E-state index in [0.717, 1.165) is 28.3 Å². The second-order valence-corrected chi connectivity index (χ2v) is 15.4. The second-order valence-electron chi connectivity index (χ2n) is 15.4. The van der Waals surface area contributed by atoms with Crippen molar-refractivity contribution >= 4 is 49.6 Å². The summed E-state index contributed by atoms with van der Waals surface area (Å²) >= 11 is 0. The molecule has 0 saturated carbocycles. The van der Waals surface area contributed by atoms with Crippen LogP contribution in [0, 0.1) is 0 Å². The first-order chi connectivity index (χ1) is 29.8. The third-order valence-corrected chi connectivity index (χ3v) is 11.7. The Hall–Kier alpha value is -7.94. The molecule has 0 aliphatic carbocycles. The summed E-state index contributed by atoms with van der Waals surface area (Å²) in [5.41, 5.74) is 16.4. The molecule has 2 heteroatoms. The van der Waals surface area contributed by atoms with Crippen molar-refractivity contribution in [1.82, 2.24) is 4.57 Å². The molecule has 0 N–H and O–H groups in total. The molecule has 0 bridgehead atoms. The van der Waals surface area contributed by atoms with Crippen LogP contribution >= 0.6 is 0 Å². The van der Waals surface area contributed by atoms with Gasteiger partial charge in [-0.25, -0.2) is 0 Å². The van der Waals surface area contributed by atoms with Gasteiger partial charge in [0.15, 0.2) is 0 Å². The Morgan fingerprint density at radius 2 is 0.800 bits per heavy atom. The van der Waals surface area contributed by atoms with Crippen LogP contribution in [0.15, 0.2) is 243 Å². The summed E-state index contributed by atoms with van der Waals surface area (Å²) in [5.74, 6) is 0. The molecule has 0 saturated heterocycles. The van der Waals surface area contributed by atoms with Crippen molar-refractivity contribution in [3.05, 3.63) is 243 Å². The summed E-state index contributed by atoms with van der Waals surface area (Å²) in [5, 5.41) is 4.89. The molecule has 11 rings (SSSR count). The van der Waals surface area contributed by atoms with Gasteiger partial charge in [-0.3, -0.25) is 0 Å². The van der Waals surface area contributed by atoms with E-state index in [1.807, 2.05) is 0 Å². The van der Waals surface area contributed by atoms with Crippen molar-refractivity contribution in [3.63, 3.8) is 0 Å². The summed E-state index contributed by atoms with van der Waals surface area (Å²) in [7, 11) is 0. The van der Waals surface area contributed by atoms with E-state index < -0.39 is 0 Å². The van der Waals surface area contributed by atoms with Crippen molar-refractivity contribution in [2.45, 2.75) is 0 Å². The lowest BCUT2D eigenvalue weighted by Crippen LogP contribution is -2.10. The third-order valence-electron chi connectivity index (χ3n) is 11.7. The SMILES string of the molecule is c1ccc(-c2cc(-c3ccccc3)cc(-n3c4ccccc4c4cc(-c5ccccc5-c5cccc(N(c6ccccc6)c6cccc7ccccc67)c5)ccc43)c2)cc1. The van der Waals surface area contributed by atoms with Gasteiger partial charge in [-0.1, -0.05) is 176 Å². The van der Waals surface area contributed by atoms with Crippen LogP contribution in [-0.4, -0.2) is 4.57 Å². The standard InChI is InChI=1S/C58H40N2/c1-4-18-41(19-5-1)46-36-47(42-20-6-2-7-21-42)39-50(38-46)60-57-32-15-14-31-54(57)55-40-45(34-35-58(55)60)52-29-13-12-28-51(52)44-24-16-27-49(37-44)59(48-25-8-3-9-26-48)56-33-17-23-43-22-10-11-30-53(43)56/h1-40H. The van der Waals surface area contributed by atoms with Gasteiger partial charge < -0.3 is 9.47 Å². The number of para-hydroxylation sites is 2. The van der Waals surface area contributed by atoms with Gasteiger partial charge in [-0.15, -0.1) is 0 Å². The normalized spacial score (nSPS) is 11.3. The van der Waals surface area contributed by atoms with Crippen LogP contribution in [0.25, 0.3) is 82.8 Å². The summed E-state index contributed by atoms with van der Waals surface area (Å²) < 4.78 is 2.44. The fourth-order valence-electron chi connectivity index (χ4n) is 8.96. The molecule has 10 aromatic carbocycles. The molecule has 11 aromatic rings. The Morgan fingerprint density at radius 3 is 1.52 bits per heavy atom. The lowest BCUT2D eigenvalue weighted by Gasteiger charge is -2.27. The fourth-order valence-corrected chi connectivity index (χ4v) is 8.96. The first-order valence-corrected chi connectivity index (χ1v) is 20.6. The van der Waals surface area contributed by atoms with Gasteiger partial charge >= 0.3 is 0 Å². The number of nitrogens with zero attached hydrogens (tertiary/aromatic N) is 2. The Balaban J connectivity index is 1.06. The molecule has 0 aliphatic rings. The zero-order valence-corrected chi connectivity index (χ0v) is 33.0. The molecule has 1 heterocycles. The minimum atomic E-state index is 1.11. The summed E-state index contributed by atoms with van der Waals surface area (Å²) in [6.45, 7) is 0. The number of hydrogen-bond donors (Lipinski definition) is 0. The van der Waals surface area contributed by atoms with Gasteiger partial charge in [0.1, 0.15) is 0 Å². The largest absolute Gasteiger partial charge is 0.310 e. The maximum absolute atomic E-state index is 2.44. The highest BCUT2D eigenvalue weighted by molar-refractivity contribution is 6.11. The monoisotopic (exact) mass is 764 g/mol. The minimum Gasteiger partial charge on any atom is -0.310 e. The molecule has 282 valence electrons. The zero-order chi connectivity index (χ0) is 39.8. The van der Waals surface area contributed by atoms with E-state index in [-0.39, 0.29) is 0 Å². The number of anilines is 3. The minimum absolute atomic E-state index is 1.11. The molecule has 0 aliphatic heterocycles. The van der Waals surface area contributed by atoms with Crippen LogP contribution in [-0.2, 0) is 0 Å². The van der Waals surface area contributed by atoms with Crippen LogP contribution in [0.2, 0.25) is 0 Å². The predicted octanol–water partition coefficient (Wildman–Crippen LogP) is 16.1. The van der Waals surface area contributed by atoms with E-state index in [4.69, 9.17) is 0 Å². The van der Waals surface area contributed by atoms with Crippen molar-refractivity contribution < 1.29 is 0 Å². The number of benzene rings is 10. The maximum Gasteiger partial charge on any atom is 0.0541 e. The lowest BCUT2D eigenvalue weighted by molar-refractivity contribution is 1.18. The lowest BCUT2D eigenvalue weighted by atomic mass is 9.93. The number of rotatable bonds is 8. The highest BCUT2D eigenvalue weighted by Gasteiger charge is 2.19. The van der Waals surface area contributed by atoms with Crippen LogP contribution in [0.4, 0.5) is 17.1 Å². The highest BCUT2D eigenvalue weighted by atomic mass is 15.1. The molecular formula is C58H40N2. The molecular weight excluding hydrogens is 725 g/mol. The first kappa shape index (κ1) is 35.2.